The van der Waals surface area contributed by atoms with Gasteiger partial charge in [-0.3, -0.25) is 4.79 Å². The molecule has 2 aromatic rings. The third-order valence-corrected chi connectivity index (χ3v) is 5.16. The molecule has 0 bridgehead atoms. The number of amides is 1. The van der Waals surface area contributed by atoms with Gasteiger partial charge in [0.15, 0.2) is 0 Å². The highest BCUT2D eigenvalue weighted by Gasteiger charge is 2.33. The molecule has 0 aromatic heterocycles. The first-order valence-electron chi connectivity index (χ1n) is 7.48. The molecule has 1 aliphatic carbocycles. The van der Waals surface area contributed by atoms with E-state index in [4.69, 9.17) is 16.3 Å². The van der Waals surface area contributed by atoms with Gasteiger partial charge in [-0.2, -0.15) is 0 Å². The van der Waals surface area contributed by atoms with Crippen molar-refractivity contribution < 1.29 is 9.53 Å². The Morgan fingerprint density at radius 3 is 2.52 bits per heavy atom. The molecule has 5 heteroatoms. The molecule has 120 valence electrons. The van der Waals surface area contributed by atoms with E-state index < -0.39 is 0 Å². The Bertz CT molecular complexity index is 713. The minimum atomic E-state index is -0.0567. The number of hydrogen-bond acceptors (Lipinski definition) is 2. The van der Waals surface area contributed by atoms with Crippen molar-refractivity contribution in [1.29, 1.82) is 0 Å². The fourth-order valence-corrected chi connectivity index (χ4v) is 3.72. The maximum absolute atomic E-state index is 12.6. The van der Waals surface area contributed by atoms with Crippen LogP contribution in [-0.4, -0.2) is 13.0 Å². The average Bonchev–Trinajstić information content (AvgIpc) is 3.37. The van der Waals surface area contributed by atoms with E-state index in [-0.39, 0.29) is 11.9 Å². The summed E-state index contributed by atoms with van der Waals surface area (Å²) in [4.78, 5) is 12.6. The van der Waals surface area contributed by atoms with Gasteiger partial charge < -0.3 is 10.1 Å². The van der Waals surface area contributed by atoms with Crippen molar-refractivity contribution >= 4 is 40.1 Å². The van der Waals surface area contributed by atoms with Crippen LogP contribution in [0.2, 0.25) is 5.02 Å². The highest BCUT2D eigenvalue weighted by Crippen LogP contribution is 2.41. The lowest BCUT2D eigenvalue weighted by Crippen LogP contribution is -2.30. The van der Waals surface area contributed by atoms with Gasteiger partial charge in [-0.05, 0) is 77.2 Å². The number of ether oxygens (including phenoxy) is 1. The minimum absolute atomic E-state index is 0.0416. The van der Waals surface area contributed by atoms with Crippen LogP contribution in [0.25, 0.3) is 0 Å². The van der Waals surface area contributed by atoms with E-state index in [0.717, 1.165) is 27.7 Å². The predicted octanol–water partition coefficient (Wildman–Crippen LogP) is 4.83. The van der Waals surface area contributed by atoms with Gasteiger partial charge in [-0.25, -0.2) is 0 Å². The Kier molecular flexibility index (Phi) is 5.11. The number of nitrogens with one attached hydrogen (secondary N) is 1. The van der Waals surface area contributed by atoms with E-state index in [0.29, 0.717) is 16.5 Å². The Hall–Kier alpha value is -1.27. The Balaban J connectivity index is 1.80. The fraction of sp³-hybridized carbons (Fsp3) is 0.278. The number of carbonyl (C=O) groups is 1. The maximum Gasteiger partial charge on any atom is 0.252 e. The Labute approximate surface area is 154 Å². The zero-order valence-electron chi connectivity index (χ0n) is 12.7. The molecule has 0 aliphatic heterocycles. The molecular formula is C18H17ClINO2. The summed E-state index contributed by atoms with van der Waals surface area (Å²) in [5.41, 5.74) is 1.78. The van der Waals surface area contributed by atoms with Crippen LogP contribution in [0.15, 0.2) is 42.5 Å². The lowest BCUT2D eigenvalue weighted by Gasteiger charge is -2.19. The van der Waals surface area contributed by atoms with Gasteiger partial charge in [0.1, 0.15) is 5.75 Å². The molecule has 0 heterocycles. The standard InChI is InChI=1S/C18H17ClINO2/c1-23-14-7-4-12(5-8-14)17(11-2-3-11)21-18(22)15-9-6-13(19)10-16(15)20/h4-11,17H,2-3H2,1H3,(H,21,22). The van der Waals surface area contributed by atoms with Crippen LogP contribution < -0.4 is 10.1 Å². The quantitative estimate of drug-likeness (QED) is 0.675. The predicted molar refractivity (Wildman–Crippen MR) is 100 cm³/mol. The van der Waals surface area contributed by atoms with Crippen molar-refractivity contribution in [3.63, 3.8) is 0 Å². The zero-order valence-corrected chi connectivity index (χ0v) is 15.6. The van der Waals surface area contributed by atoms with E-state index in [1.54, 1.807) is 25.3 Å². The van der Waals surface area contributed by atoms with E-state index in [2.05, 4.69) is 27.9 Å². The van der Waals surface area contributed by atoms with Crippen molar-refractivity contribution in [3.8, 4) is 5.75 Å². The molecular weight excluding hydrogens is 425 g/mol. The van der Waals surface area contributed by atoms with Crippen LogP contribution >= 0.6 is 34.2 Å². The molecule has 1 N–H and O–H groups in total. The molecule has 1 atom stereocenters. The summed E-state index contributed by atoms with van der Waals surface area (Å²) in [7, 11) is 1.65. The normalized spacial score (nSPS) is 15.1. The summed E-state index contributed by atoms with van der Waals surface area (Å²) in [6.45, 7) is 0. The first-order valence-corrected chi connectivity index (χ1v) is 8.94. The van der Waals surface area contributed by atoms with Crippen LogP contribution in [0.3, 0.4) is 0 Å². The number of rotatable bonds is 5. The van der Waals surface area contributed by atoms with Crippen molar-refractivity contribution in [2.75, 3.05) is 7.11 Å². The van der Waals surface area contributed by atoms with Crippen LogP contribution in [-0.2, 0) is 0 Å². The lowest BCUT2D eigenvalue weighted by molar-refractivity contribution is 0.0931. The molecule has 1 fully saturated rings. The van der Waals surface area contributed by atoms with Gasteiger partial charge in [0.2, 0.25) is 0 Å². The smallest absolute Gasteiger partial charge is 0.252 e. The highest BCUT2D eigenvalue weighted by molar-refractivity contribution is 14.1. The average molecular weight is 442 g/mol. The van der Waals surface area contributed by atoms with Crippen LogP contribution in [0.1, 0.15) is 34.8 Å². The number of methoxy groups -OCH3 is 1. The second-order valence-corrected chi connectivity index (χ2v) is 7.28. The second kappa shape index (κ2) is 7.09. The first-order chi connectivity index (χ1) is 11.1. The first kappa shape index (κ1) is 16.6. The molecule has 3 rings (SSSR count). The number of benzene rings is 2. The van der Waals surface area contributed by atoms with Crippen LogP contribution in [0.5, 0.6) is 5.75 Å². The van der Waals surface area contributed by atoms with Crippen molar-refractivity contribution in [3.05, 3.63) is 62.2 Å². The largest absolute Gasteiger partial charge is 0.497 e. The van der Waals surface area contributed by atoms with E-state index >= 15 is 0 Å². The summed E-state index contributed by atoms with van der Waals surface area (Å²) in [5, 5.41) is 3.82. The fourth-order valence-electron chi connectivity index (χ4n) is 2.61. The molecule has 23 heavy (non-hydrogen) atoms. The summed E-state index contributed by atoms with van der Waals surface area (Å²) in [6, 6.07) is 13.3. The van der Waals surface area contributed by atoms with Crippen molar-refractivity contribution in [2.24, 2.45) is 5.92 Å². The summed E-state index contributed by atoms with van der Waals surface area (Å²) < 4.78 is 6.06. The SMILES string of the molecule is COc1ccc(C(NC(=O)c2ccc(Cl)cc2I)C2CC2)cc1. The van der Waals surface area contributed by atoms with Gasteiger partial charge in [-0.1, -0.05) is 23.7 Å². The number of carbonyl (C=O) groups excluding carboxylic acids is 1. The van der Waals surface area contributed by atoms with E-state index in [1.165, 1.54) is 0 Å². The minimum Gasteiger partial charge on any atom is -0.497 e. The van der Waals surface area contributed by atoms with Crippen molar-refractivity contribution in [2.45, 2.75) is 18.9 Å². The van der Waals surface area contributed by atoms with Crippen molar-refractivity contribution in [1.82, 2.24) is 5.32 Å². The molecule has 1 saturated carbocycles. The molecule has 1 unspecified atom stereocenters. The van der Waals surface area contributed by atoms with Gasteiger partial charge in [0.25, 0.3) is 5.91 Å². The van der Waals surface area contributed by atoms with Gasteiger partial charge >= 0.3 is 0 Å². The molecule has 1 amide bonds. The number of halogens is 2. The molecule has 3 nitrogen and oxygen atoms in total. The van der Waals surface area contributed by atoms with E-state index in [1.807, 2.05) is 24.3 Å². The highest BCUT2D eigenvalue weighted by atomic mass is 127. The monoisotopic (exact) mass is 441 g/mol. The number of hydrogen-bond donors (Lipinski definition) is 1. The van der Waals surface area contributed by atoms with Crippen LogP contribution in [0.4, 0.5) is 0 Å². The third-order valence-electron chi connectivity index (χ3n) is 4.03. The molecule has 0 radical (unpaired) electrons. The van der Waals surface area contributed by atoms with Gasteiger partial charge in [0.05, 0.1) is 18.7 Å². The zero-order chi connectivity index (χ0) is 16.4. The maximum atomic E-state index is 12.6. The Morgan fingerprint density at radius 1 is 1.26 bits per heavy atom. The third kappa shape index (κ3) is 3.98. The molecule has 2 aromatic carbocycles. The molecule has 0 saturated heterocycles. The molecule has 0 spiro atoms. The molecule has 1 aliphatic rings. The topological polar surface area (TPSA) is 38.3 Å². The summed E-state index contributed by atoms with van der Waals surface area (Å²) in [6.07, 6.45) is 2.30. The van der Waals surface area contributed by atoms with Crippen LogP contribution in [0, 0.1) is 9.49 Å². The Morgan fingerprint density at radius 2 is 1.96 bits per heavy atom. The second-order valence-electron chi connectivity index (χ2n) is 5.69. The summed E-state index contributed by atoms with van der Waals surface area (Å²) >= 11 is 8.11. The van der Waals surface area contributed by atoms with Gasteiger partial charge in [-0.15, -0.1) is 0 Å². The van der Waals surface area contributed by atoms with Gasteiger partial charge in [0, 0.05) is 8.59 Å². The lowest BCUT2D eigenvalue weighted by atomic mass is 10.0. The summed E-state index contributed by atoms with van der Waals surface area (Å²) in [5.74, 6) is 1.28. The van der Waals surface area contributed by atoms with E-state index in [9.17, 15) is 4.79 Å².